The molecular formula is C21H31N3O4. The van der Waals surface area contributed by atoms with Crippen LogP contribution in [0, 0.1) is 12.8 Å². The maximum Gasteiger partial charge on any atom is 0.319 e. The van der Waals surface area contributed by atoms with Gasteiger partial charge in [0.15, 0.2) is 0 Å². The van der Waals surface area contributed by atoms with Crippen LogP contribution in [-0.2, 0) is 14.3 Å². The number of carbonyl (C=O) groups excluding carboxylic acids is 2. The van der Waals surface area contributed by atoms with Gasteiger partial charge >= 0.3 is 6.03 Å². The van der Waals surface area contributed by atoms with Gasteiger partial charge in [-0.05, 0) is 50.3 Å². The van der Waals surface area contributed by atoms with Crippen LogP contribution >= 0.6 is 0 Å². The molecule has 0 bridgehead atoms. The Bertz CT molecular complexity index is 690. The van der Waals surface area contributed by atoms with Crippen molar-refractivity contribution in [2.24, 2.45) is 5.92 Å². The number of nitrogens with one attached hydrogen (secondary N) is 2. The number of methoxy groups -OCH3 is 1. The first-order chi connectivity index (χ1) is 13.5. The Balaban J connectivity index is 1.63. The van der Waals surface area contributed by atoms with E-state index in [1.165, 1.54) is 0 Å². The van der Waals surface area contributed by atoms with Gasteiger partial charge in [-0.3, -0.25) is 4.79 Å². The number of ether oxygens (including phenoxy) is 2. The van der Waals surface area contributed by atoms with Gasteiger partial charge in [0.2, 0.25) is 5.91 Å². The van der Waals surface area contributed by atoms with E-state index >= 15 is 0 Å². The summed E-state index contributed by atoms with van der Waals surface area (Å²) >= 11 is 0. The summed E-state index contributed by atoms with van der Waals surface area (Å²) in [7, 11) is 1.65. The van der Waals surface area contributed by atoms with Crippen molar-refractivity contribution < 1.29 is 19.1 Å². The van der Waals surface area contributed by atoms with E-state index in [1.54, 1.807) is 7.11 Å². The minimum Gasteiger partial charge on any atom is -0.385 e. The molecule has 1 atom stereocenters. The van der Waals surface area contributed by atoms with Crippen molar-refractivity contribution >= 4 is 17.6 Å². The monoisotopic (exact) mass is 389 g/mol. The Morgan fingerprint density at radius 2 is 2.11 bits per heavy atom. The van der Waals surface area contributed by atoms with Gasteiger partial charge in [0.1, 0.15) is 0 Å². The van der Waals surface area contributed by atoms with Crippen LogP contribution in [-0.4, -0.2) is 62.4 Å². The highest BCUT2D eigenvalue weighted by atomic mass is 16.5. The number of carbonyl (C=O) groups is 2. The summed E-state index contributed by atoms with van der Waals surface area (Å²) in [4.78, 5) is 27.4. The molecule has 2 aliphatic heterocycles. The lowest BCUT2D eigenvalue weighted by molar-refractivity contribution is -0.137. The third kappa shape index (κ3) is 5.23. The average Bonchev–Trinajstić information content (AvgIpc) is 3.10. The molecular weight excluding hydrogens is 358 g/mol. The fourth-order valence-electron chi connectivity index (χ4n) is 4.06. The largest absolute Gasteiger partial charge is 0.385 e. The molecule has 2 aliphatic rings. The lowest BCUT2D eigenvalue weighted by atomic mass is 9.94. The molecule has 1 unspecified atom stereocenters. The minimum absolute atomic E-state index is 0.0353. The molecule has 1 aromatic rings. The maximum atomic E-state index is 12.9. The zero-order valence-electron chi connectivity index (χ0n) is 16.8. The number of aryl methyl sites for hydroxylation is 1. The standard InChI is InChI=1S/C21H31N3O4/c1-16-4-3-5-18(14-16)22-20(26)23-21(9-13-27-2)8-10-24(15-21)19(25)17-6-11-28-12-7-17/h3-5,14,17H,6-13,15H2,1-2H3,(H2,22,23,26). The SMILES string of the molecule is COCCC1(NC(=O)Nc2cccc(C)c2)CCN(C(=O)C2CCOCC2)C1. The molecule has 2 heterocycles. The molecule has 1 aromatic carbocycles. The summed E-state index contributed by atoms with van der Waals surface area (Å²) in [5.74, 6) is 0.219. The zero-order valence-corrected chi connectivity index (χ0v) is 16.8. The highest BCUT2D eigenvalue weighted by Crippen LogP contribution is 2.28. The fourth-order valence-corrected chi connectivity index (χ4v) is 4.06. The van der Waals surface area contributed by atoms with Crippen LogP contribution in [0.3, 0.4) is 0 Å². The smallest absolute Gasteiger partial charge is 0.319 e. The van der Waals surface area contributed by atoms with E-state index in [9.17, 15) is 9.59 Å². The average molecular weight is 389 g/mol. The van der Waals surface area contributed by atoms with Crippen LogP contribution in [0.2, 0.25) is 0 Å². The number of nitrogens with zero attached hydrogens (tertiary/aromatic N) is 1. The number of likely N-dealkylation sites (tertiary alicyclic amines) is 1. The topological polar surface area (TPSA) is 79.9 Å². The number of hydrogen-bond donors (Lipinski definition) is 2. The third-order valence-corrected chi connectivity index (χ3v) is 5.68. The third-order valence-electron chi connectivity index (χ3n) is 5.68. The van der Waals surface area contributed by atoms with Crippen LogP contribution in [0.5, 0.6) is 0 Å². The summed E-state index contributed by atoms with van der Waals surface area (Å²) in [5, 5.41) is 6.04. The second-order valence-electron chi connectivity index (χ2n) is 7.87. The molecule has 0 aromatic heterocycles. The van der Waals surface area contributed by atoms with Gasteiger partial charge in [0.25, 0.3) is 0 Å². The number of hydrogen-bond acceptors (Lipinski definition) is 4. The van der Waals surface area contributed by atoms with Gasteiger partial charge in [0.05, 0.1) is 5.54 Å². The first kappa shape index (κ1) is 20.6. The molecule has 28 heavy (non-hydrogen) atoms. The summed E-state index contributed by atoms with van der Waals surface area (Å²) in [6.07, 6.45) is 2.96. The van der Waals surface area contributed by atoms with Gasteiger partial charge in [0, 0.05) is 51.6 Å². The van der Waals surface area contributed by atoms with Gasteiger partial charge in [-0.1, -0.05) is 12.1 Å². The van der Waals surface area contributed by atoms with E-state index in [0.29, 0.717) is 39.3 Å². The molecule has 0 saturated carbocycles. The highest BCUT2D eigenvalue weighted by Gasteiger charge is 2.42. The van der Waals surface area contributed by atoms with Crippen molar-refractivity contribution in [1.82, 2.24) is 10.2 Å². The first-order valence-corrected chi connectivity index (χ1v) is 10.0. The molecule has 2 fully saturated rings. The Morgan fingerprint density at radius 3 is 2.82 bits per heavy atom. The number of benzene rings is 1. The molecule has 3 rings (SSSR count). The molecule has 3 amide bonds. The Hall–Kier alpha value is -2.12. The number of amides is 3. The number of rotatable bonds is 6. The summed E-state index contributed by atoms with van der Waals surface area (Å²) in [5.41, 5.74) is 1.37. The maximum absolute atomic E-state index is 12.9. The van der Waals surface area contributed by atoms with Crippen LogP contribution < -0.4 is 10.6 Å². The van der Waals surface area contributed by atoms with Gasteiger partial charge in [-0.2, -0.15) is 0 Å². The second-order valence-corrected chi connectivity index (χ2v) is 7.87. The van der Waals surface area contributed by atoms with E-state index < -0.39 is 5.54 Å². The summed E-state index contributed by atoms with van der Waals surface area (Å²) < 4.78 is 10.6. The quantitative estimate of drug-likeness (QED) is 0.784. The molecule has 0 aliphatic carbocycles. The summed E-state index contributed by atoms with van der Waals surface area (Å²) in [6, 6.07) is 7.44. The van der Waals surface area contributed by atoms with Gasteiger partial charge in [-0.15, -0.1) is 0 Å². The number of urea groups is 1. The predicted molar refractivity (Wildman–Crippen MR) is 107 cm³/mol. The van der Waals surface area contributed by atoms with Gasteiger partial charge in [-0.25, -0.2) is 4.79 Å². The molecule has 154 valence electrons. The Morgan fingerprint density at radius 1 is 1.32 bits per heavy atom. The van der Waals surface area contributed by atoms with E-state index in [-0.39, 0.29) is 17.9 Å². The fraction of sp³-hybridized carbons (Fsp3) is 0.619. The van der Waals surface area contributed by atoms with Crippen LogP contribution in [0.15, 0.2) is 24.3 Å². The van der Waals surface area contributed by atoms with Crippen molar-refractivity contribution in [3.05, 3.63) is 29.8 Å². The first-order valence-electron chi connectivity index (χ1n) is 10.0. The van der Waals surface area contributed by atoms with Gasteiger partial charge < -0.3 is 25.0 Å². The molecule has 2 saturated heterocycles. The lowest BCUT2D eigenvalue weighted by Crippen LogP contribution is -2.53. The van der Waals surface area contributed by atoms with E-state index in [2.05, 4.69) is 10.6 Å². The Labute approximate surface area is 166 Å². The van der Waals surface area contributed by atoms with Crippen LogP contribution in [0.1, 0.15) is 31.2 Å². The van der Waals surface area contributed by atoms with Crippen molar-refractivity contribution in [2.75, 3.05) is 45.3 Å². The van der Waals surface area contributed by atoms with Crippen LogP contribution in [0.4, 0.5) is 10.5 Å². The van der Waals surface area contributed by atoms with Crippen molar-refractivity contribution in [3.8, 4) is 0 Å². The van der Waals surface area contributed by atoms with E-state index in [1.807, 2.05) is 36.1 Å². The van der Waals surface area contributed by atoms with E-state index in [4.69, 9.17) is 9.47 Å². The predicted octanol–water partition coefficient (Wildman–Crippen LogP) is 2.55. The molecule has 0 radical (unpaired) electrons. The molecule has 2 N–H and O–H groups in total. The Kier molecular flexibility index (Phi) is 6.91. The van der Waals surface area contributed by atoms with E-state index in [0.717, 1.165) is 30.5 Å². The zero-order chi connectivity index (χ0) is 20.0. The molecule has 0 spiro atoms. The minimum atomic E-state index is -0.468. The lowest BCUT2D eigenvalue weighted by Gasteiger charge is -2.32. The second kappa shape index (κ2) is 9.39. The van der Waals surface area contributed by atoms with Crippen molar-refractivity contribution in [1.29, 1.82) is 0 Å². The van der Waals surface area contributed by atoms with Crippen LogP contribution in [0.25, 0.3) is 0 Å². The van der Waals surface area contributed by atoms with Crippen molar-refractivity contribution in [3.63, 3.8) is 0 Å². The summed E-state index contributed by atoms with van der Waals surface area (Å²) in [6.45, 7) is 4.99. The normalized spacial score (nSPS) is 22.9. The van der Waals surface area contributed by atoms with Crippen molar-refractivity contribution in [2.45, 2.75) is 38.1 Å². The highest BCUT2D eigenvalue weighted by molar-refractivity contribution is 5.90. The number of anilines is 1. The molecule has 7 nitrogen and oxygen atoms in total. The molecule has 7 heteroatoms.